The number of carbonyl (C=O) groups is 3. The molecule has 1 saturated heterocycles. The van der Waals surface area contributed by atoms with Crippen molar-refractivity contribution in [2.24, 2.45) is 0 Å². The average molecular weight is 332 g/mol. The summed E-state index contributed by atoms with van der Waals surface area (Å²) < 4.78 is 13.0. The van der Waals surface area contributed by atoms with Gasteiger partial charge in [0.2, 0.25) is 0 Å². The molecule has 0 radical (unpaired) electrons. The monoisotopic (exact) mass is 332 g/mol. The zero-order chi connectivity index (χ0) is 16.6. The van der Waals surface area contributed by atoms with Gasteiger partial charge >= 0.3 is 6.03 Å². The van der Waals surface area contributed by atoms with E-state index in [0.717, 1.165) is 4.90 Å². The summed E-state index contributed by atoms with van der Waals surface area (Å²) in [6, 6.07) is 7.39. The number of thiophene rings is 1. The van der Waals surface area contributed by atoms with Gasteiger partial charge in [0.25, 0.3) is 5.91 Å². The molecule has 118 valence electrons. The van der Waals surface area contributed by atoms with Crippen molar-refractivity contribution in [2.75, 3.05) is 11.4 Å². The summed E-state index contributed by atoms with van der Waals surface area (Å²) in [6.45, 7) is 1.29. The lowest BCUT2D eigenvalue weighted by atomic mass is 10.2. The first-order chi connectivity index (χ1) is 11.0. The van der Waals surface area contributed by atoms with Crippen molar-refractivity contribution in [1.82, 2.24) is 4.90 Å². The molecule has 7 heteroatoms. The number of imide groups is 1. The second-order valence-electron chi connectivity index (χ2n) is 5.13. The highest BCUT2D eigenvalue weighted by Crippen LogP contribution is 2.26. The topological polar surface area (TPSA) is 57.7 Å². The van der Waals surface area contributed by atoms with Crippen LogP contribution in [0.1, 0.15) is 16.6 Å². The smallest absolute Gasteiger partial charge is 0.291 e. The molecule has 1 fully saturated rings. The summed E-state index contributed by atoms with van der Waals surface area (Å²) in [4.78, 5) is 39.7. The molecule has 1 aromatic carbocycles. The molecule has 0 N–H and O–H groups in total. The standard InChI is InChI=1S/C16H13FN2O3S/c1-10-15(21)18(9-13(20)14-3-2-8-23-14)16(22)19(10)12-6-4-11(17)5-7-12/h2-8,10H,9H2,1H3/t10-/m1/s1. The van der Waals surface area contributed by atoms with Gasteiger partial charge < -0.3 is 0 Å². The molecule has 3 rings (SSSR count). The number of amides is 3. The Morgan fingerprint density at radius 2 is 1.91 bits per heavy atom. The molecule has 3 amide bonds. The molecule has 1 atom stereocenters. The van der Waals surface area contributed by atoms with Crippen LogP contribution in [0.25, 0.3) is 0 Å². The number of nitrogens with zero attached hydrogens (tertiary/aromatic N) is 2. The number of urea groups is 1. The third-order valence-electron chi connectivity index (χ3n) is 3.65. The first kappa shape index (κ1) is 15.4. The van der Waals surface area contributed by atoms with E-state index in [1.54, 1.807) is 24.4 Å². The van der Waals surface area contributed by atoms with Gasteiger partial charge in [-0.25, -0.2) is 9.18 Å². The number of halogens is 1. The molecule has 0 bridgehead atoms. The molecule has 2 aromatic rings. The van der Waals surface area contributed by atoms with Crippen LogP contribution in [0.2, 0.25) is 0 Å². The van der Waals surface area contributed by atoms with E-state index in [9.17, 15) is 18.8 Å². The number of anilines is 1. The summed E-state index contributed by atoms with van der Waals surface area (Å²) in [6.07, 6.45) is 0. The lowest BCUT2D eigenvalue weighted by Crippen LogP contribution is -2.36. The fraction of sp³-hybridized carbons (Fsp3) is 0.188. The highest BCUT2D eigenvalue weighted by atomic mass is 32.1. The quantitative estimate of drug-likeness (QED) is 0.639. The van der Waals surface area contributed by atoms with Crippen molar-refractivity contribution < 1.29 is 18.8 Å². The van der Waals surface area contributed by atoms with E-state index in [2.05, 4.69) is 0 Å². The van der Waals surface area contributed by atoms with Gasteiger partial charge in [0.1, 0.15) is 11.9 Å². The minimum Gasteiger partial charge on any atom is -0.291 e. The van der Waals surface area contributed by atoms with Crippen molar-refractivity contribution in [2.45, 2.75) is 13.0 Å². The highest BCUT2D eigenvalue weighted by Gasteiger charge is 2.44. The number of hydrogen-bond acceptors (Lipinski definition) is 4. The van der Waals surface area contributed by atoms with Crippen LogP contribution >= 0.6 is 11.3 Å². The zero-order valence-electron chi connectivity index (χ0n) is 12.2. The number of benzene rings is 1. The number of Topliss-reactive ketones (excluding diaryl/α,β-unsaturated/α-hetero) is 1. The van der Waals surface area contributed by atoms with Crippen LogP contribution in [0.4, 0.5) is 14.9 Å². The van der Waals surface area contributed by atoms with Gasteiger partial charge in [-0.1, -0.05) is 6.07 Å². The summed E-state index contributed by atoms with van der Waals surface area (Å²) in [5.74, 6) is -1.15. The Morgan fingerprint density at radius 1 is 1.22 bits per heavy atom. The van der Waals surface area contributed by atoms with Crippen molar-refractivity contribution in [1.29, 1.82) is 0 Å². The van der Waals surface area contributed by atoms with Gasteiger partial charge in [-0.2, -0.15) is 0 Å². The zero-order valence-corrected chi connectivity index (χ0v) is 13.0. The first-order valence-electron chi connectivity index (χ1n) is 6.96. The second-order valence-corrected chi connectivity index (χ2v) is 6.08. The van der Waals surface area contributed by atoms with Gasteiger partial charge in [0.15, 0.2) is 5.78 Å². The molecular weight excluding hydrogens is 319 g/mol. The number of carbonyl (C=O) groups excluding carboxylic acids is 3. The van der Waals surface area contributed by atoms with Crippen LogP contribution in [0.15, 0.2) is 41.8 Å². The predicted molar refractivity (Wildman–Crippen MR) is 84.1 cm³/mol. The van der Waals surface area contributed by atoms with Crippen LogP contribution in [-0.2, 0) is 4.79 Å². The third-order valence-corrected chi connectivity index (χ3v) is 4.56. The van der Waals surface area contributed by atoms with E-state index in [4.69, 9.17) is 0 Å². The highest BCUT2D eigenvalue weighted by molar-refractivity contribution is 7.12. The predicted octanol–water partition coefficient (Wildman–Crippen LogP) is 2.93. The SMILES string of the molecule is C[C@@H]1C(=O)N(CC(=O)c2cccs2)C(=O)N1c1ccc(F)cc1. The minimum atomic E-state index is -0.732. The summed E-state index contributed by atoms with van der Waals surface area (Å²) in [5.41, 5.74) is 0.420. The molecule has 0 aliphatic carbocycles. The Bertz CT molecular complexity index is 758. The van der Waals surface area contributed by atoms with Gasteiger partial charge in [-0.15, -0.1) is 11.3 Å². The summed E-state index contributed by atoms with van der Waals surface area (Å²) in [5, 5.41) is 1.76. The van der Waals surface area contributed by atoms with Crippen molar-refractivity contribution >= 4 is 34.7 Å². The van der Waals surface area contributed by atoms with Crippen LogP contribution in [0, 0.1) is 5.82 Å². The number of rotatable bonds is 4. The fourth-order valence-corrected chi connectivity index (χ4v) is 3.12. The molecule has 1 aliphatic heterocycles. The Kier molecular flexibility index (Phi) is 3.96. The average Bonchev–Trinajstić information content (AvgIpc) is 3.13. The summed E-state index contributed by atoms with van der Waals surface area (Å²) >= 11 is 1.26. The van der Waals surface area contributed by atoms with E-state index >= 15 is 0 Å². The molecule has 0 unspecified atom stereocenters. The number of hydrogen-bond donors (Lipinski definition) is 0. The van der Waals surface area contributed by atoms with Gasteiger partial charge in [0, 0.05) is 5.69 Å². The van der Waals surface area contributed by atoms with E-state index in [1.807, 2.05) is 0 Å². The number of ketones is 1. The van der Waals surface area contributed by atoms with E-state index in [-0.39, 0.29) is 12.3 Å². The van der Waals surface area contributed by atoms with Crippen molar-refractivity contribution in [3.05, 3.63) is 52.5 Å². The largest absolute Gasteiger partial charge is 0.332 e. The molecule has 23 heavy (non-hydrogen) atoms. The Hall–Kier alpha value is -2.54. The van der Waals surface area contributed by atoms with Crippen LogP contribution in [0.3, 0.4) is 0 Å². The van der Waals surface area contributed by atoms with E-state index in [0.29, 0.717) is 10.6 Å². The lowest BCUT2D eigenvalue weighted by Gasteiger charge is -2.19. The Morgan fingerprint density at radius 3 is 2.52 bits per heavy atom. The fourth-order valence-electron chi connectivity index (χ4n) is 2.47. The third kappa shape index (κ3) is 2.75. The molecule has 0 saturated carbocycles. The second kappa shape index (κ2) is 5.92. The van der Waals surface area contributed by atoms with Gasteiger partial charge in [-0.3, -0.25) is 19.4 Å². The van der Waals surface area contributed by atoms with Gasteiger partial charge in [0.05, 0.1) is 11.4 Å². The van der Waals surface area contributed by atoms with Gasteiger partial charge in [-0.05, 0) is 42.6 Å². The molecule has 5 nitrogen and oxygen atoms in total. The Balaban J connectivity index is 1.83. The maximum absolute atomic E-state index is 13.0. The van der Waals surface area contributed by atoms with Crippen LogP contribution < -0.4 is 4.90 Å². The van der Waals surface area contributed by atoms with Crippen LogP contribution in [-0.4, -0.2) is 35.2 Å². The molecular formula is C16H13FN2O3S. The van der Waals surface area contributed by atoms with Crippen molar-refractivity contribution in [3.8, 4) is 0 Å². The minimum absolute atomic E-state index is 0.283. The maximum atomic E-state index is 13.0. The molecule has 1 aliphatic rings. The summed E-state index contributed by atoms with van der Waals surface area (Å²) in [7, 11) is 0. The Labute approximate surface area is 135 Å². The van der Waals surface area contributed by atoms with E-state index < -0.39 is 23.8 Å². The lowest BCUT2D eigenvalue weighted by molar-refractivity contribution is -0.126. The normalized spacial score (nSPS) is 17.9. The van der Waals surface area contributed by atoms with E-state index in [1.165, 1.54) is 40.5 Å². The molecule has 2 heterocycles. The first-order valence-corrected chi connectivity index (χ1v) is 7.84. The van der Waals surface area contributed by atoms with Crippen molar-refractivity contribution in [3.63, 3.8) is 0 Å². The molecule has 0 spiro atoms. The van der Waals surface area contributed by atoms with Crippen LogP contribution in [0.5, 0.6) is 0 Å². The maximum Gasteiger partial charge on any atom is 0.332 e. The molecule has 1 aromatic heterocycles.